The number of methoxy groups -OCH3 is 1. The van der Waals surface area contributed by atoms with Gasteiger partial charge in [-0.25, -0.2) is 4.79 Å². The van der Waals surface area contributed by atoms with Gasteiger partial charge in [0.2, 0.25) is 0 Å². The number of esters is 1. The molecular weight excluding hydrogens is 286 g/mol. The van der Waals surface area contributed by atoms with E-state index in [1.807, 2.05) is 0 Å². The summed E-state index contributed by atoms with van der Waals surface area (Å²) in [5.41, 5.74) is 5.37. The van der Waals surface area contributed by atoms with Gasteiger partial charge in [-0.05, 0) is 12.8 Å². The van der Waals surface area contributed by atoms with Crippen molar-refractivity contribution in [3.63, 3.8) is 0 Å². The second-order valence-electron chi connectivity index (χ2n) is 5.72. The van der Waals surface area contributed by atoms with Gasteiger partial charge in [0.1, 0.15) is 11.5 Å². The highest BCUT2D eigenvalue weighted by Gasteiger charge is 2.32. The number of aryl methyl sites for hydroxylation is 1. The molecule has 0 radical (unpaired) electrons. The summed E-state index contributed by atoms with van der Waals surface area (Å²) in [6.07, 6.45) is 6.24. The lowest BCUT2D eigenvalue weighted by molar-refractivity contribution is -0.135. The molecule has 0 bridgehead atoms. The maximum absolute atomic E-state index is 12.1. The minimum Gasteiger partial charge on any atom is -0.465 e. The molecule has 1 saturated carbocycles. The first kappa shape index (κ1) is 16.3. The molecule has 1 aliphatic carbocycles. The molecule has 0 unspecified atom stereocenters. The Labute approximate surface area is 129 Å². The predicted molar refractivity (Wildman–Crippen MR) is 78.6 cm³/mol. The van der Waals surface area contributed by atoms with Crippen LogP contribution in [0.5, 0.6) is 0 Å². The van der Waals surface area contributed by atoms with Gasteiger partial charge in [0.15, 0.2) is 0 Å². The molecule has 1 aromatic rings. The molecule has 120 valence electrons. The van der Waals surface area contributed by atoms with Crippen molar-refractivity contribution in [3.05, 3.63) is 22.6 Å². The highest BCUT2D eigenvalue weighted by Crippen LogP contribution is 2.31. The minimum absolute atomic E-state index is 0.0264. The Morgan fingerprint density at radius 3 is 2.36 bits per heavy atom. The van der Waals surface area contributed by atoms with Gasteiger partial charge in [-0.2, -0.15) is 0 Å². The van der Waals surface area contributed by atoms with Crippen molar-refractivity contribution >= 4 is 17.7 Å². The molecule has 0 spiro atoms. The van der Waals surface area contributed by atoms with Crippen LogP contribution in [0.3, 0.4) is 0 Å². The van der Waals surface area contributed by atoms with E-state index in [4.69, 9.17) is 10.2 Å². The van der Waals surface area contributed by atoms with Gasteiger partial charge in [-0.1, -0.05) is 32.1 Å². The fraction of sp³-hybridized carbons (Fsp3) is 0.562. The van der Waals surface area contributed by atoms with Crippen LogP contribution in [-0.2, 0) is 16.0 Å². The summed E-state index contributed by atoms with van der Waals surface area (Å²) in [4.78, 5) is 35.3. The Balaban J connectivity index is 2.36. The van der Waals surface area contributed by atoms with Crippen LogP contribution in [0, 0.1) is 12.8 Å². The Morgan fingerprint density at radius 2 is 1.82 bits per heavy atom. The lowest BCUT2D eigenvalue weighted by Crippen LogP contribution is -2.22. The van der Waals surface area contributed by atoms with Crippen LogP contribution in [0.25, 0.3) is 0 Å². The summed E-state index contributed by atoms with van der Waals surface area (Å²) < 4.78 is 10.0. The van der Waals surface area contributed by atoms with Crippen molar-refractivity contribution in [3.8, 4) is 0 Å². The van der Waals surface area contributed by atoms with Crippen molar-refractivity contribution in [1.82, 2.24) is 0 Å². The molecule has 6 nitrogen and oxygen atoms in total. The largest absolute Gasteiger partial charge is 0.465 e. The monoisotopic (exact) mass is 307 g/mol. The molecule has 0 aliphatic heterocycles. The van der Waals surface area contributed by atoms with Crippen LogP contribution in [0.15, 0.2) is 4.42 Å². The first-order valence-corrected chi connectivity index (χ1v) is 7.50. The Kier molecular flexibility index (Phi) is 5.00. The SMILES string of the molecule is COC(=O)C(=O)c1c(C)oc(CC2CCCCC2)c1C(N)=O. The molecule has 0 saturated heterocycles. The van der Waals surface area contributed by atoms with Crippen LogP contribution in [0.1, 0.15) is 64.3 Å². The van der Waals surface area contributed by atoms with Gasteiger partial charge in [0.05, 0.1) is 18.2 Å². The summed E-state index contributed by atoms with van der Waals surface area (Å²) in [5, 5.41) is 0. The Hall–Kier alpha value is -2.11. The number of amides is 1. The average Bonchev–Trinajstić information content (AvgIpc) is 2.83. The van der Waals surface area contributed by atoms with Gasteiger partial charge in [-0.3, -0.25) is 9.59 Å². The van der Waals surface area contributed by atoms with E-state index in [2.05, 4.69) is 4.74 Å². The molecule has 1 heterocycles. The molecule has 2 N–H and O–H groups in total. The van der Waals surface area contributed by atoms with E-state index in [9.17, 15) is 14.4 Å². The standard InChI is InChI=1S/C16H21NO5/c1-9-12(14(18)16(20)21-2)13(15(17)19)11(22-9)8-10-6-4-3-5-7-10/h10H,3-8H2,1-2H3,(H2,17,19). The summed E-state index contributed by atoms with van der Waals surface area (Å²) in [7, 11) is 1.11. The summed E-state index contributed by atoms with van der Waals surface area (Å²) in [6, 6.07) is 0. The van der Waals surface area contributed by atoms with E-state index in [-0.39, 0.29) is 16.9 Å². The summed E-state index contributed by atoms with van der Waals surface area (Å²) >= 11 is 0. The molecule has 1 aliphatic rings. The van der Waals surface area contributed by atoms with Crippen LogP contribution in [0.2, 0.25) is 0 Å². The lowest BCUT2D eigenvalue weighted by Gasteiger charge is -2.20. The highest BCUT2D eigenvalue weighted by molar-refractivity contribution is 6.42. The van der Waals surface area contributed by atoms with Crippen molar-refractivity contribution in [2.75, 3.05) is 7.11 Å². The van der Waals surface area contributed by atoms with Crippen LogP contribution >= 0.6 is 0 Å². The van der Waals surface area contributed by atoms with E-state index in [1.165, 1.54) is 6.42 Å². The number of Topliss-reactive ketones (excluding diaryl/α,β-unsaturated/α-hetero) is 1. The molecule has 22 heavy (non-hydrogen) atoms. The molecule has 1 amide bonds. The maximum Gasteiger partial charge on any atom is 0.379 e. The molecule has 0 atom stereocenters. The first-order chi connectivity index (χ1) is 10.5. The lowest BCUT2D eigenvalue weighted by atomic mass is 9.85. The van der Waals surface area contributed by atoms with Gasteiger partial charge < -0.3 is 14.9 Å². The maximum atomic E-state index is 12.1. The van der Waals surface area contributed by atoms with Gasteiger partial charge in [-0.15, -0.1) is 0 Å². The molecule has 0 aromatic carbocycles. The molecule has 1 fully saturated rings. The number of carbonyl (C=O) groups excluding carboxylic acids is 3. The summed E-state index contributed by atoms with van der Waals surface area (Å²) in [5.74, 6) is -1.63. The van der Waals surface area contributed by atoms with Crippen molar-refractivity contribution in [2.45, 2.75) is 45.4 Å². The van der Waals surface area contributed by atoms with Gasteiger partial charge in [0, 0.05) is 6.42 Å². The quantitative estimate of drug-likeness (QED) is 0.510. The second kappa shape index (κ2) is 6.77. The zero-order valence-corrected chi connectivity index (χ0v) is 12.9. The average molecular weight is 307 g/mol. The van der Waals surface area contributed by atoms with E-state index < -0.39 is 17.7 Å². The Bertz CT molecular complexity index is 596. The zero-order valence-electron chi connectivity index (χ0n) is 12.9. The Morgan fingerprint density at radius 1 is 1.18 bits per heavy atom. The van der Waals surface area contributed by atoms with Crippen molar-refractivity contribution < 1.29 is 23.5 Å². The van der Waals surface area contributed by atoms with Crippen molar-refractivity contribution in [2.24, 2.45) is 11.7 Å². The van der Waals surface area contributed by atoms with E-state index >= 15 is 0 Å². The number of rotatable bonds is 5. The smallest absolute Gasteiger partial charge is 0.379 e. The van der Waals surface area contributed by atoms with Gasteiger partial charge in [0.25, 0.3) is 11.7 Å². The number of hydrogen-bond acceptors (Lipinski definition) is 5. The number of ketones is 1. The predicted octanol–water partition coefficient (Wildman–Crippen LogP) is 2.17. The number of carbonyl (C=O) groups is 3. The fourth-order valence-electron chi connectivity index (χ4n) is 3.13. The normalized spacial score (nSPS) is 15.5. The molecule has 6 heteroatoms. The van der Waals surface area contributed by atoms with Crippen LogP contribution < -0.4 is 5.73 Å². The molecular formula is C16H21NO5. The van der Waals surface area contributed by atoms with Crippen LogP contribution in [0.4, 0.5) is 0 Å². The van der Waals surface area contributed by atoms with Crippen molar-refractivity contribution in [1.29, 1.82) is 0 Å². The number of nitrogens with two attached hydrogens (primary N) is 1. The number of ether oxygens (including phenoxy) is 1. The number of furan rings is 1. The third-order valence-corrected chi connectivity index (χ3v) is 4.20. The number of primary amides is 1. The minimum atomic E-state index is -1.03. The van der Waals surface area contributed by atoms with Crippen LogP contribution in [-0.4, -0.2) is 24.8 Å². The number of hydrogen-bond donors (Lipinski definition) is 1. The summed E-state index contributed by atoms with van der Waals surface area (Å²) in [6.45, 7) is 1.55. The van der Waals surface area contributed by atoms with E-state index in [0.29, 0.717) is 18.1 Å². The van der Waals surface area contributed by atoms with E-state index in [1.54, 1.807) is 6.92 Å². The third-order valence-electron chi connectivity index (χ3n) is 4.20. The highest BCUT2D eigenvalue weighted by atomic mass is 16.5. The zero-order chi connectivity index (χ0) is 16.3. The third kappa shape index (κ3) is 3.21. The molecule has 2 rings (SSSR count). The molecule has 1 aromatic heterocycles. The topological polar surface area (TPSA) is 99.6 Å². The first-order valence-electron chi connectivity index (χ1n) is 7.50. The second-order valence-corrected chi connectivity index (χ2v) is 5.72. The fourth-order valence-corrected chi connectivity index (χ4v) is 3.13. The van der Waals surface area contributed by atoms with E-state index in [0.717, 1.165) is 32.8 Å². The van der Waals surface area contributed by atoms with Gasteiger partial charge >= 0.3 is 5.97 Å².